The van der Waals surface area contributed by atoms with Crippen molar-refractivity contribution in [1.82, 2.24) is 0 Å². The molecule has 0 spiro atoms. The molecule has 14 rings (SSSR count). The fourth-order valence-corrected chi connectivity index (χ4v) is 13.1. The summed E-state index contributed by atoms with van der Waals surface area (Å²) in [7, 11) is 0. The number of dihydropyridines is 1. The zero-order valence-electron chi connectivity index (χ0n) is 39.5. The molecule has 0 radical (unpaired) electrons. The Bertz CT molecular complexity index is 4130. The second kappa shape index (κ2) is 16.1. The van der Waals surface area contributed by atoms with Gasteiger partial charge in [-0.25, -0.2) is 0 Å². The number of nitrogens with zero attached hydrogens (tertiary/aromatic N) is 2. The number of rotatable bonds is 5. The average molecular weight is 937 g/mol. The Morgan fingerprint density at radius 1 is 0.611 bits per heavy atom. The zero-order chi connectivity index (χ0) is 48.3. The molecule has 2 nitrogen and oxygen atoms in total. The number of fused-ring (bicyclic) bond motifs is 10. The summed E-state index contributed by atoms with van der Waals surface area (Å²) in [5.41, 5.74) is 10.0. The van der Waals surface area contributed by atoms with Crippen molar-refractivity contribution in [2.24, 2.45) is 10.4 Å². The molecule has 0 bridgehead atoms. The Kier molecular flexibility index (Phi) is 9.54. The third-order valence-corrected chi connectivity index (χ3v) is 16.3. The first-order chi connectivity index (χ1) is 35.2. The van der Waals surface area contributed by atoms with Gasteiger partial charge in [-0.3, -0.25) is 4.99 Å². The summed E-state index contributed by atoms with van der Waals surface area (Å²) in [6.45, 7) is 2.40. The van der Waals surface area contributed by atoms with Crippen molar-refractivity contribution >= 4 is 66.6 Å². The molecule has 346 valence electrons. The predicted octanol–water partition coefficient (Wildman–Crippen LogP) is 15.9. The zero-order valence-corrected chi connectivity index (χ0v) is 39.5. The van der Waals surface area contributed by atoms with Gasteiger partial charge in [-0.05, 0) is 129 Å². The van der Waals surface area contributed by atoms with Gasteiger partial charge in [-0.15, -0.1) is 0 Å². The number of alkyl halides is 3. The van der Waals surface area contributed by atoms with Gasteiger partial charge in [0.15, 0.2) is 0 Å². The van der Waals surface area contributed by atoms with Gasteiger partial charge in [0, 0.05) is 40.4 Å². The smallest absolute Gasteiger partial charge is 0.335 e. The van der Waals surface area contributed by atoms with E-state index in [1.807, 2.05) is 24.3 Å². The molecule has 9 aromatic carbocycles. The lowest BCUT2D eigenvalue weighted by molar-refractivity contribution is -0.0861. The van der Waals surface area contributed by atoms with Crippen molar-refractivity contribution in [3.8, 4) is 22.3 Å². The van der Waals surface area contributed by atoms with Crippen molar-refractivity contribution in [2.75, 3.05) is 4.90 Å². The van der Waals surface area contributed by atoms with E-state index in [-0.39, 0.29) is 17.3 Å². The van der Waals surface area contributed by atoms with E-state index in [0.717, 1.165) is 39.9 Å². The molecule has 0 saturated heterocycles. The third kappa shape index (κ3) is 6.39. The van der Waals surface area contributed by atoms with Crippen molar-refractivity contribution in [3.05, 3.63) is 257 Å². The average Bonchev–Trinajstić information content (AvgIpc) is 3.75. The van der Waals surface area contributed by atoms with Crippen LogP contribution >= 0.6 is 0 Å². The number of para-hydroxylation sites is 1. The van der Waals surface area contributed by atoms with Gasteiger partial charge in [0.25, 0.3) is 0 Å². The first-order valence-electron chi connectivity index (χ1n) is 25.0. The highest BCUT2D eigenvalue weighted by Gasteiger charge is 2.46. The molecule has 3 aliphatic carbocycles. The largest absolute Gasteiger partial charge is 0.417 e. The number of benzene rings is 9. The second-order valence-electron chi connectivity index (χ2n) is 20.1. The Labute approximate surface area is 415 Å². The summed E-state index contributed by atoms with van der Waals surface area (Å²) in [6.07, 6.45) is 16.5. The summed E-state index contributed by atoms with van der Waals surface area (Å²) in [6, 6.07) is 60.4. The minimum absolute atomic E-state index is 0.00135. The lowest BCUT2D eigenvalue weighted by Crippen LogP contribution is -2.40. The molecule has 5 unspecified atom stereocenters. The molecule has 72 heavy (non-hydrogen) atoms. The monoisotopic (exact) mass is 936 g/mol. The van der Waals surface area contributed by atoms with E-state index in [0.29, 0.717) is 6.42 Å². The molecule has 2 heterocycles. The van der Waals surface area contributed by atoms with Crippen LogP contribution in [0.15, 0.2) is 235 Å². The molecule has 5 atom stereocenters. The van der Waals surface area contributed by atoms with Crippen LogP contribution in [0.2, 0.25) is 0 Å². The molecule has 0 aromatic heterocycles. The van der Waals surface area contributed by atoms with E-state index < -0.39 is 23.8 Å². The Balaban J connectivity index is 1.02. The topological polar surface area (TPSA) is 15.6 Å². The van der Waals surface area contributed by atoms with Gasteiger partial charge in [0.1, 0.15) is 6.04 Å². The Hall–Kier alpha value is -8.28. The van der Waals surface area contributed by atoms with E-state index in [2.05, 4.69) is 211 Å². The summed E-state index contributed by atoms with van der Waals surface area (Å²) >= 11 is 0. The minimum Gasteiger partial charge on any atom is -0.335 e. The number of hydrogen-bond acceptors (Lipinski definition) is 2. The summed E-state index contributed by atoms with van der Waals surface area (Å²) in [5.74, 6) is -0.156. The standard InChI is InChI=1S/C67H47F3N2/c1-66-35-17-16-30-58(66)47-22-5-3-19-42(47)38-59(66)64-53-28-11-10-27-52(53)63(56-36-41-18-2-4-20-45(41)48-23-8-9-25-50(48)56)57-37-43(33-34-54(57)64)46-21-6-7-24-49(46)51-26-12-14-31-60(51)72-61-32-15-13-29-55(61)65-62(72)39-44(40-71-65)67(68,69)70/h2-25,27-40,51,59,62,65H,26H2,1H3. The first kappa shape index (κ1) is 42.6. The maximum absolute atomic E-state index is 14.4. The van der Waals surface area contributed by atoms with Crippen molar-refractivity contribution < 1.29 is 13.2 Å². The van der Waals surface area contributed by atoms with E-state index in [1.165, 1.54) is 81.9 Å². The highest BCUT2D eigenvalue weighted by atomic mass is 19.4. The highest BCUT2D eigenvalue weighted by Crippen LogP contribution is 2.55. The lowest BCUT2D eigenvalue weighted by Gasteiger charge is -2.40. The molecule has 9 aromatic rings. The van der Waals surface area contributed by atoms with Gasteiger partial charge in [-0.1, -0.05) is 201 Å². The van der Waals surface area contributed by atoms with Crippen molar-refractivity contribution in [2.45, 2.75) is 43.4 Å². The number of allylic oxidation sites excluding steroid dienone is 9. The second-order valence-corrected chi connectivity index (χ2v) is 20.1. The summed E-state index contributed by atoms with van der Waals surface area (Å²) < 4.78 is 43.3. The quantitative estimate of drug-likeness (QED) is 0.124. The number of halogens is 3. The van der Waals surface area contributed by atoms with Gasteiger partial charge < -0.3 is 4.90 Å². The maximum Gasteiger partial charge on any atom is 0.417 e. The number of hydrogen-bond donors (Lipinski definition) is 0. The molecular formula is C67H47F3N2. The van der Waals surface area contributed by atoms with E-state index in [1.54, 1.807) is 0 Å². The Morgan fingerprint density at radius 2 is 1.32 bits per heavy atom. The predicted molar refractivity (Wildman–Crippen MR) is 293 cm³/mol. The van der Waals surface area contributed by atoms with Crippen molar-refractivity contribution in [3.63, 3.8) is 0 Å². The lowest BCUT2D eigenvalue weighted by atomic mass is 9.62. The van der Waals surface area contributed by atoms with Crippen LogP contribution < -0.4 is 15.3 Å². The SMILES string of the molecule is CC12C=CC=CC1=c1ccccc1=CC2c1c2ccccc2c(-c2cc3ccccc3c3ccccc23)c2cc(-c3ccccc3C3CC=CC=C3N3c4ccccc4C4N=CC(C(F)(F)F)=CC43)ccc12. The van der Waals surface area contributed by atoms with Crippen LogP contribution in [0.1, 0.15) is 47.9 Å². The molecule has 0 amide bonds. The van der Waals surface area contributed by atoms with Crippen LogP contribution in [0.5, 0.6) is 0 Å². The Morgan fingerprint density at radius 3 is 2.18 bits per heavy atom. The number of anilines is 1. The molecule has 5 heteroatoms. The highest BCUT2D eigenvalue weighted by molar-refractivity contribution is 6.23. The van der Waals surface area contributed by atoms with Gasteiger partial charge >= 0.3 is 6.18 Å². The summed E-state index contributed by atoms with van der Waals surface area (Å²) in [4.78, 5) is 6.71. The molecule has 0 saturated carbocycles. The molecule has 0 N–H and O–H groups in total. The molecule has 2 aliphatic heterocycles. The first-order valence-corrected chi connectivity index (χ1v) is 25.0. The van der Waals surface area contributed by atoms with Crippen LogP contribution in [-0.2, 0) is 0 Å². The normalized spacial score (nSPS) is 21.9. The van der Waals surface area contributed by atoms with Crippen molar-refractivity contribution in [1.29, 1.82) is 0 Å². The van der Waals surface area contributed by atoms with Crippen LogP contribution in [0.25, 0.3) is 77.0 Å². The fraction of sp³-hybridized carbons (Fsp3) is 0.119. The number of aliphatic imine (C=N–C) groups is 1. The van der Waals surface area contributed by atoms with Crippen LogP contribution in [0.4, 0.5) is 18.9 Å². The van der Waals surface area contributed by atoms with Crippen LogP contribution in [0, 0.1) is 5.41 Å². The third-order valence-electron chi connectivity index (χ3n) is 16.3. The van der Waals surface area contributed by atoms with Gasteiger partial charge in [0.05, 0.1) is 11.6 Å². The van der Waals surface area contributed by atoms with Crippen LogP contribution in [-0.4, -0.2) is 18.4 Å². The van der Waals surface area contributed by atoms with E-state index >= 15 is 0 Å². The van der Waals surface area contributed by atoms with E-state index in [9.17, 15) is 13.2 Å². The van der Waals surface area contributed by atoms with Gasteiger partial charge in [0.2, 0.25) is 0 Å². The fourth-order valence-electron chi connectivity index (χ4n) is 13.1. The maximum atomic E-state index is 14.4. The molecular weight excluding hydrogens is 890 g/mol. The summed E-state index contributed by atoms with van der Waals surface area (Å²) in [5, 5.41) is 12.2. The minimum atomic E-state index is -4.51. The molecule has 0 fully saturated rings. The van der Waals surface area contributed by atoms with E-state index in [4.69, 9.17) is 0 Å². The molecule has 5 aliphatic rings. The van der Waals surface area contributed by atoms with Crippen LogP contribution in [0.3, 0.4) is 0 Å². The van der Waals surface area contributed by atoms with Gasteiger partial charge in [-0.2, -0.15) is 13.2 Å².